The van der Waals surface area contributed by atoms with Crippen molar-refractivity contribution in [3.05, 3.63) is 31.1 Å². The van der Waals surface area contributed by atoms with E-state index < -0.39 is 0 Å². The number of hydrogen-bond acceptors (Lipinski definition) is 2. The Kier molecular flexibility index (Phi) is 2.11. The van der Waals surface area contributed by atoms with E-state index in [-0.39, 0.29) is 5.43 Å². The largest absolute Gasteiger partial charge is 0.288 e. The number of aryl methyl sites for hydroxylation is 2. The maximum absolute atomic E-state index is 10.9. The minimum absolute atomic E-state index is 0.0737. The Morgan fingerprint density at radius 3 is 2.60 bits per heavy atom. The summed E-state index contributed by atoms with van der Waals surface area (Å²) in [5.74, 6) is 0. The van der Waals surface area contributed by atoms with Crippen molar-refractivity contribution in [1.82, 2.24) is 0 Å². The predicted molar refractivity (Wildman–Crippen MR) is 45.1 cm³/mol. The summed E-state index contributed by atoms with van der Waals surface area (Å²) in [7, 11) is 0. The predicted octanol–water partition coefficient (Wildman–Crippen LogP) is 2.38. The van der Waals surface area contributed by atoms with Gasteiger partial charge in [-0.3, -0.25) is 4.79 Å². The Labute approximate surface area is 68.3 Å². The maximum Gasteiger partial charge on any atom is 0.199 e. The third kappa shape index (κ3) is 1.39. The summed E-state index contributed by atoms with van der Waals surface area (Å²) in [4.78, 5) is 12.8. The van der Waals surface area contributed by atoms with Crippen LogP contribution in [0.2, 0.25) is 5.02 Å². The SMILES string of the molecule is Cc1cc(=O)c(Cl)c(C)s1. The summed E-state index contributed by atoms with van der Waals surface area (Å²) in [6.45, 7) is 3.75. The van der Waals surface area contributed by atoms with Crippen LogP contribution in [0.1, 0.15) is 9.75 Å². The van der Waals surface area contributed by atoms with E-state index in [1.165, 1.54) is 0 Å². The van der Waals surface area contributed by atoms with E-state index in [1.54, 1.807) is 17.4 Å². The zero-order valence-corrected chi connectivity index (χ0v) is 7.34. The lowest BCUT2D eigenvalue weighted by Crippen LogP contribution is -1.99. The fourth-order valence-corrected chi connectivity index (χ4v) is 1.75. The van der Waals surface area contributed by atoms with Crippen molar-refractivity contribution in [2.75, 3.05) is 0 Å². The van der Waals surface area contributed by atoms with Gasteiger partial charge in [-0.2, -0.15) is 0 Å². The lowest BCUT2D eigenvalue weighted by Gasteiger charge is -1.94. The molecule has 0 radical (unpaired) electrons. The number of rotatable bonds is 0. The first-order valence-electron chi connectivity index (χ1n) is 2.88. The van der Waals surface area contributed by atoms with E-state index >= 15 is 0 Å². The molecule has 0 N–H and O–H groups in total. The molecule has 0 bridgehead atoms. The van der Waals surface area contributed by atoms with Crippen LogP contribution in [0.25, 0.3) is 0 Å². The third-order valence-corrected chi connectivity index (χ3v) is 2.71. The highest BCUT2D eigenvalue weighted by Crippen LogP contribution is 2.16. The lowest BCUT2D eigenvalue weighted by molar-refractivity contribution is 1.48. The van der Waals surface area contributed by atoms with Gasteiger partial charge in [-0.1, -0.05) is 11.6 Å². The summed E-state index contributed by atoms with van der Waals surface area (Å²) in [6.07, 6.45) is 0. The second kappa shape index (κ2) is 2.72. The lowest BCUT2D eigenvalue weighted by atomic mass is 10.4. The van der Waals surface area contributed by atoms with Crippen LogP contribution in [0.15, 0.2) is 10.9 Å². The van der Waals surface area contributed by atoms with Crippen molar-refractivity contribution >= 4 is 22.9 Å². The summed E-state index contributed by atoms with van der Waals surface area (Å²) < 4.78 is 0. The van der Waals surface area contributed by atoms with Crippen LogP contribution in [0.4, 0.5) is 0 Å². The molecule has 0 fully saturated rings. The van der Waals surface area contributed by atoms with Gasteiger partial charge in [-0.25, -0.2) is 0 Å². The summed E-state index contributed by atoms with van der Waals surface area (Å²) >= 11 is 7.19. The summed E-state index contributed by atoms with van der Waals surface area (Å²) in [5.41, 5.74) is -0.0737. The van der Waals surface area contributed by atoms with Gasteiger partial charge in [0.25, 0.3) is 0 Å². The number of halogens is 1. The van der Waals surface area contributed by atoms with Crippen molar-refractivity contribution < 1.29 is 0 Å². The monoisotopic (exact) mass is 174 g/mol. The molecule has 10 heavy (non-hydrogen) atoms. The van der Waals surface area contributed by atoms with Crippen molar-refractivity contribution in [2.24, 2.45) is 0 Å². The number of hydrogen-bond donors (Lipinski definition) is 0. The van der Waals surface area contributed by atoms with Crippen molar-refractivity contribution in [3.8, 4) is 0 Å². The molecular weight excluding hydrogens is 168 g/mol. The van der Waals surface area contributed by atoms with Gasteiger partial charge in [0.15, 0.2) is 5.43 Å². The molecule has 0 saturated carbocycles. The van der Waals surface area contributed by atoms with Gasteiger partial charge >= 0.3 is 0 Å². The molecule has 0 amide bonds. The zero-order valence-electron chi connectivity index (χ0n) is 5.77. The Balaban J connectivity index is 3.46. The summed E-state index contributed by atoms with van der Waals surface area (Å²) in [5, 5.41) is 0.357. The summed E-state index contributed by atoms with van der Waals surface area (Å²) in [6, 6.07) is 1.56. The van der Waals surface area contributed by atoms with Crippen molar-refractivity contribution in [2.45, 2.75) is 13.8 Å². The molecule has 0 unspecified atom stereocenters. The van der Waals surface area contributed by atoms with Crippen LogP contribution in [0.3, 0.4) is 0 Å². The molecule has 0 aliphatic heterocycles. The quantitative estimate of drug-likeness (QED) is 0.590. The normalized spacial score (nSPS) is 9.90. The Morgan fingerprint density at radius 1 is 1.50 bits per heavy atom. The molecule has 0 spiro atoms. The molecule has 1 rings (SSSR count). The molecule has 1 aromatic rings. The third-order valence-electron chi connectivity index (χ3n) is 1.17. The van der Waals surface area contributed by atoms with Crippen LogP contribution in [0, 0.1) is 13.8 Å². The van der Waals surface area contributed by atoms with Crippen LogP contribution in [-0.2, 0) is 0 Å². The second-order valence-electron chi connectivity index (χ2n) is 2.09. The van der Waals surface area contributed by atoms with E-state index in [9.17, 15) is 4.79 Å². The Morgan fingerprint density at radius 2 is 2.10 bits per heavy atom. The molecule has 0 atom stereocenters. The van der Waals surface area contributed by atoms with Gasteiger partial charge in [0, 0.05) is 9.75 Å². The van der Waals surface area contributed by atoms with Crippen LogP contribution in [0.5, 0.6) is 0 Å². The van der Waals surface area contributed by atoms with Gasteiger partial charge in [-0.15, -0.1) is 11.3 Å². The molecule has 0 aromatic carbocycles. The minimum Gasteiger partial charge on any atom is -0.288 e. The van der Waals surface area contributed by atoms with Crippen molar-refractivity contribution in [1.29, 1.82) is 0 Å². The zero-order chi connectivity index (χ0) is 7.72. The molecule has 1 nitrogen and oxygen atoms in total. The smallest absolute Gasteiger partial charge is 0.199 e. The van der Waals surface area contributed by atoms with Gasteiger partial charge in [0.05, 0.1) is 0 Å². The second-order valence-corrected chi connectivity index (χ2v) is 3.93. The fraction of sp³-hybridized carbons (Fsp3) is 0.286. The van der Waals surface area contributed by atoms with Gasteiger partial charge in [-0.05, 0) is 19.9 Å². The molecule has 1 aromatic heterocycles. The first kappa shape index (κ1) is 7.76. The highest BCUT2D eigenvalue weighted by Gasteiger charge is 2.00. The first-order chi connectivity index (χ1) is 4.61. The standard InChI is InChI=1S/C7H7ClOS/c1-4-3-6(9)7(8)5(2)10-4/h3H,1-2H3. The van der Waals surface area contributed by atoms with E-state index in [0.29, 0.717) is 5.02 Å². The molecule has 54 valence electrons. The molecule has 0 aliphatic carbocycles. The van der Waals surface area contributed by atoms with Crippen LogP contribution in [-0.4, -0.2) is 0 Å². The van der Waals surface area contributed by atoms with Crippen LogP contribution >= 0.6 is 22.9 Å². The average molecular weight is 175 g/mol. The Hall–Kier alpha value is -0.340. The van der Waals surface area contributed by atoms with E-state index in [0.717, 1.165) is 9.75 Å². The highest BCUT2D eigenvalue weighted by atomic mass is 35.5. The van der Waals surface area contributed by atoms with Gasteiger partial charge in [0.1, 0.15) is 5.02 Å². The minimum atomic E-state index is -0.0737. The molecule has 0 aliphatic rings. The van der Waals surface area contributed by atoms with E-state index in [1.807, 2.05) is 13.8 Å². The van der Waals surface area contributed by atoms with Crippen molar-refractivity contribution in [3.63, 3.8) is 0 Å². The topological polar surface area (TPSA) is 17.1 Å². The average Bonchev–Trinajstić information content (AvgIpc) is 1.82. The first-order valence-corrected chi connectivity index (χ1v) is 4.07. The maximum atomic E-state index is 10.9. The Bertz CT molecular complexity index is 303. The molecular formula is C7H7ClOS. The fourth-order valence-electron chi connectivity index (χ4n) is 0.737. The van der Waals surface area contributed by atoms with Gasteiger partial charge < -0.3 is 0 Å². The van der Waals surface area contributed by atoms with E-state index in [2.05, 4.69) is 0 Å². The molecule has 3 heteroatoms. The van der Waals surface area contributed by atoms with E-state index in [4.69, 9.17) is 11.6 Å². The molecule has 0 saturated heterocycles. The van der Waals surface area contributed by atoms with Crippen LogP contribution < -0.4 is 5.43 Å². The highest BCUT2D eigenvalue weighted by molar-refractivity contribution is 7.11. The molecule has 1 heterocycles. The van der Waals surface area contributed by atoms with Gasteiger partial charge in [0.2, 0.25) is 0 Å².